The lowest BCUT2D eigenvalue weighted by atomic mass is 9.63. The summed E-state index contributed by atoms with van der Waals surface area (Å²) in [7, 11) is 0. The Morgan fingerprint density at radius 2 is 0.577 bits per heavy atom. The maximum Gasteiger partial charge on any atom is -0.00990 e. The monoisotopic (exact) mass is 682 g/mol. The van der Waals surface area contributed by atoms with Crippen molar-refractivity contribution in [1.82, 2.24) is 0 Å². The first kappa shape index (κ1) is 37.1. The predicted molar refractivity (Wildman–Crippen MR) is 228 cm³/mol. The summed E-state index contributed by atoms with van der Waals surface area (Å²) in [5.41, 5.74) is 18.2. The van der Waals surface area contributed by atoms with Crippen molar-refractivity contribution < 1.29 is 0 Å². The second kappa shape index (κ2) is 13.7. The zero-order valence-electron chi connectivity index (χ0n) is 33.7. The normalized spacial score (nSPS) is 12.6. The minimum Gasteiger partial charge on any atom is -0.0622 e. The molecular formula is C52H58. The Morgan fingerprint density at radius 3 is 0.942 bits per heavy atom. The van der Waals surface area contributed by atoms with Crippen LogP contribution < -0.4 is 0 Å². The van der Waals surface area contributed by atoms with Gasteiger partial charge in [0.15, 0.2) is 0 Å². The van der Waals surface area contributed by atoms with Gasteiger partial charge in [-0.2, -0.15) is 0 Å². The second-order valence-corrected chi connectivity index (χ2v) is 18.6. The van der Waals surface area contributed by atoms with Crippen LogP contribution in [0.1, 0.15) is 105 Å². The SMILES string of the molecule is CC(C)(C)c1cc(C(C)(C)C)c(C(C)(C)C)c(C(C)(C)C)c1-c1ccccc1-c1ccccc1-c1ccccc1-c1ccccc1-c1ccccc1. The fraction of sp³-hybridized carbons (Fsp3) is 0.308. The van der Waals surface area contributed by atoms with E-state index in [1.807, 2.05) is 0 Å². The number of benzene rings is 6. The third-order valence-corrected chi connectivity index (χ3v) is 10.4. The van der Waals surface area contributed by atoms with Crippen LogP contribution in [0.15, 0.2) is 133 Å². The van der Waals surface area contributed by atoms with Crippen LogP contribution in [0.2, 0.25) is 0 Å². The molecule has 266 valence electrons. The molecule has 0 atom stereocenters. The van der Waals surface area contributed by atoms with Gasteiger partial charge in [-0.1, -0.05) is 217 Å². The van der Waals surface area contributed by atoms with Crippen molar-refractivity contribution in [2.45, 2.75) is 105 Å². The van der Waals surface area contributed by atoms with Crippen LogP contribution >= 0.6 is 0 Å². The largest absolute Gasteiger partial charge is 0.0622 e. The van der Waals surface area contributed by atoms with E-state index in [0.717, 1.165) is 0 Å². The van der Waals surface area contributed by atoms with Crippen LogP contribution in [0, 0.1) is 0 Å². The van der Waals surface area contributed by atoms with Gasteiger partial charge >= 0.3 is 0 Å². The summed E-state index contributed by atoms with van der Waals surface area (Å²) in [6, 6.07) is 49.3. The van der Waals surface area contributed by atoms with Gasteiger partial charge in [-0.05, 0) is 99.5 Å². The van der Waals surface area contributed by atoms with Crippen LogP contribution in [-0.4, -0.2) is 0 Å². The third kappa shape index (κ3) is 7.18. The summed E-state index contributed by atoms with van der Waals surface area (Å²) in [6.07, 6.45) is 0. The number of hydrogen-bond acceptors (Lipinski definition) is 0. The van der Waals surface area contributed by atoms with Gasteiger partial charge in [-0.15, -0.1) is 0 Å². The van der Waals surface area contributed by atoms with Gasteiger partial charge in [0.25, 0.3) is 0 Å². The predicted octanol–water partition coefficient (Wildman–Crippen LogP) is 15.2. The van der Waals surface area contributed by atoms with E-state index >= 15 is 0 Å². The molecule has 6 rings (SSSR count). The van der Waals surface area contributed by atoms with Gasteiger partial charge in [0.2, 0.25) is 0 Å². The molecule has 0 aliphatic heterocycles. The van der Waals surface area contributed by atoms with Crippen LogP contribution in [0.5, 0.6) is 0 Å². The molecule has 0 unspecified atom stereocenters. The first-order chi connectivity index (χ1) is 24.4. The molecule has 0 bridgehead atoms. The summed E-state index contributed by atoms with van der Waals surface area (Å²) < 4.78 is 0. The van der Waals surface area contributed by atoms with Crippen molar-refractivity contribution >= 4 is 0 Å². The average molecular weight is 683 g/mol. The average Bonchev–Trinajstić information content (AvgIpc) is 3.09. The zero-order valence-corrected chi connectivity index (χ0v) is 33.7. The van der Waals surface area contributed by atoms with E-state index in [2.05, 4.69) is 217 Å². The molecule has 0 aliphatic carbocycles. The molecule has 0 fully saturated rings. The minimum absolute atomic E-state index is 0.00693. The Kier molecular flexibility index (Phi) is 9.77. The first-order valence-electron chi connectivity index (χ1n) is 19.0. The molecule has 0 radical (unpaired) electrons. The fourth-order valence-corrected chi connectivity index (χ4v) is 8.10. The van der Waals surface area contributed by atoms with Crippen molar-refractivity contribution in [3.63, 3.8) is 0 Å². The van der Waals surface area contributed by atoms with Gasteiger partial charge in [-0.3, -0.25) is 0 Å². The highest BCUT2D eigenvalue weighted by atomic mass is 14.4. The highest BCUT2D eigenvalue weighted by molar-refractivity contribution is 5.99. The highest BCUT2D eigenvalue weighted by Gasteiger charge is 2.38. The van der Waals surface area contributed by atoms with Gasteiger partial charge in [0.05, 0.1) is 0 Å². The van der Waals surface area contributed by atoms with E-state index in [1.54, 1.807) is 0 Å². The summed E-state index contributed by atoms with van der Waals surface area (Å²) in [5.74, 6) is 0. The van der Waals surface area contributed by atoms with Crippen molar-refractivity contribution in [2.75, 3.05) is 0 Å². The lowest BCUT2D eigenvalue weighted by Gasteiger charge is -2.41. The van der Waals surface area contributed by atoms with E-state index in [1.165, 1.54) is 77.9 Å². The molecule has 52 heavy (non-hydrogen) atoms. The summed E-state index contributed by atoms with van der Waals surface area (Å²) >= 11 is 0. The van der Waals surface area contributed by atoms with E-state index < -0.39 is 0 Å². The molecule has 6 aromatic carbocycles. The Bertz CT molecular complexity index is 2200. The summed E-state index contributed by atoms with van der Waals surface area (Å²) in [5, 5.41) is 0. The van der Waals surface area contributed by atoms with Gasteiger partial charge in [-0.25, -0.2) is 0 Å². The Balaban J connectivity index is 1.70. The van der Waals surface area contributed by atoms with Crippen LogP contribution in [-0.2, 0) is 21.7 Å². The molecule has 0 heteroatoms. The fourth-order valence-electron chi connectivity index (χ4n) is 8.10. The number of rotatable bonds is 5. The summed E-state index contributed by atoms with van der Waals surface area (Å²) in [6.45, 7) is 28.8. The maximum absolute atomic E-state index is 2.57. The smallest absolute Gasteiger partial charge is 0.00990 e. The van der Waals surface area contributed by atoms with Crippen molar-refractivity contribution in [2.24, 2.45) is 0 Å². The lowest BCUT2D eigenvalue weighted by molar-refractivity contribution is 0.492. The molecule has 0 spiro atoms. The third-order valence-electron chi connectivity index (χ3n) is 10.4. The van der Waals surface area contributed by atoms with E-state index in [4.69, 9.17) is 0 Å². The summed E-state index contributed by atoms with van der Waals surface area (Å²) in [4.78, 5) is 0. The lowest BCUT2D eigenvalue weighted by Crippen LogP contribution is -2.31. The Hall–Kier alpha value is -4.68. The molecule has 0 N–H and O–H groups in total. The van der Waals surface area contributed by atoms with Crippen molar-refractivity contribution in [3.8, 4) is 55.6 Å². The maximum atomic E-state index is 2.57. The van der Waals surface area contributed by atoms with Gasteiger partial charge < -0.3 is 0 Å². The molecule has 6 aromatic rings. The zero-order chi connectivity index (χ0) is 37.6. The highest BCUT2D eigenvalue weighted by Crippen LogP contribution is 2.52. The van der Waals surface area contributed by atoms with Gasteiger partial charge in [0.1, 0.15) is 0 Å². The molecule has 0 aliphatic rings. The quantitative estimate of drug-likeness (QED) is 0.170. The first-order valence-corrected chi connectivity index (χ1v) is 19.0. The van der Waals surface area contributed by atoms with E-state index in [-0.39, 0.29) is 21.7 Å². The topological polar surface area (TPSA) is 0 Å². The van der Waals surface area contributed by atoms with Crippen LogP contribution in [0.3, 0.4) is 0 Å². The molecular weight excluding hydrogens is 625 g/mol. The minimum atomic E-state index is -0.0976. The van der Waals surface area contributed by atoms with Crippen molar-refractivity contribution in [3.05, 3.63) is 156 Å². The molecule has 0 saturated carbocycles. The van der Waals surface area contributed by atoms with Crippen LogP contribution in [0.25, 0.3) is 55.6 Å². The second-order valence-electron chi connectivity index (χ2n) is 18.6. The molecule has 0 nitrogen and oxygen atoms in total. The molecule has 0 saturated heterocycles. The number of hydrogen-bond donors (Lipinski definition) is 0. The van der Waals surface area contributed by atoms with Crippen LogP contribution in [0.4, 0.5) is 0 Å². The van der Waals surface area contributed by atoms with E-state index in [0.29, 0.717) is 0 Å². The molecule has 0 heterocycles. The van der Waals surface area contributed by atoms with E-state index in [9.17, 15) is 0 Å². The van der Waals surface area contributed by atoms with Crippen molar-refractivity contribution in [1.29, 1.82) is 0 Å². The van der Waals surface area contributed by atoms with Gasteiger partial charge in [0, 0.05) is 0 Å². The molecule has 0 amide bonds. The Morgan fingerprint density at radius 1 is 0.269 bits per heavy atom. The molecule has 0 aromatic heterocycles. The standard InChI is InChI=1S/C52H58/c1-49(2,3)44-34-45(50(4,5)6)47(51(7,8)9)48(52(10,11)12)46(44)43-33-23-22-32-42(43)41-31-21-20-30-40(41)39-29-19-18-28-38(39)37-27-17-16-26-36(37)35-24-14-13-15-25-35/h13-34H,1-12H3. The Labute approximate surface area is 315 Å².